The van der Waals surface area contributed by atoms with Gasteiger partial charge in [0.2, 0.25) is 0 Å². The van der Waals surface area contributed by atoms with E-state index in [1.807, 2.05) is 6.07 Å². The van der Waals surface area contributed by atoms with Crippen LogP contribution in [0.25, 0.3) is 11.0 Å². The van der Waals surface area contributed by atoms with Crippen LogP contribution in [0.2, 0.25) is 0 Å². The van der Waals surface area contributed by atoms with Crippen LogP contribution in [0.4, 0.5) is 8.78 Å². The molecule has 1 saturated carbocycles. The summed E-state index contributed by atoms with van der Waals surface area (Å²) in [6.07, 6.45) is 3.72. The molecule has 4 aromatic rings. The Morgan fingerprint density at radius 1 is 1.18 bits per heavy atom. The SMILES string of the molecule is CC(c1ccc(C(F)F)nc1)n1nc(C#N)c2c(=O)[nH]c([C@H]3CC[C@H]3c3ncccn3)nc21. The topological polar surface area (TPSA) is 126 Å². The van der Waals surface area contributed by atoms with E-state index in [1.165, 1.54) is 23.0 Å². The molecule has 166 valence electrons. The van der Waals surface area contributed by atoms with Crippen molar-refractivity contribution in [2.45, 2.75) is 44.1 Å². The Balaban J connectivity index is 1.58. The maximum atomic E-state index is 12.9. The molecular formula is C22H18F2N8O. The van der Waals surface area contributed by atoms with Crippen LogP contribution in [-0.2, 0) is 0 Å². The maximum Gasteiger partial charge on any atom is 0.280 e. The minimum atomic E-state index is -2.67. The first-order valence-electron chi connectivity index (χ1n) is 10.4. The molecule has 1 aliphatic carbocycles. The lowest BCUT2D eigenvalue weighted by atomic mass is 9.72. The van der Waals surface area contributed by atoms with Crippen LogP contribution in [0.5, 0.6) is 0 Å². The minimum absolute atomic E-state index is 0.0297. The molecule has 0 amide bonds. The molecule has 4 aromatic heterocycles. The summed E-state index contributed by atoms with van der Waals surface area (Å²) >= 11 is 0. The molecule has 0 aliphatic heterocycles. The molecule has 0 saturated heterocycles. The second kappa shape index (κ2) is 8.12. The van der Waals surface area contributed by atoms with Gasteiger partial charge in [-0.25, -0.2) is 28.4 Å². The van der Waals surface area contributed by atoms with Crippen LogP contribution in [-0.4, -0.2) is 34.7 Å². The molecule has 1 unspecified atom stereocenters. The fourth-order valence-electron chi connectivity index (χ4n) is 4.16. The first-order valence-corrected chi connectivity index (χ1v) is 10.4. The van der Waals surface area contributed by atoms with Crippen molar-refractivity contribution in [2.24, 2.45) is 0 Å². The maximum absolute atomic E-state index is 12.9. The Labute approximate surface area is 186 Å². The third-order valence-electron chi connectivity index (χ3n) is 6.11. The predicted molar refractivity (Wildman–Crippen MR) is 113 cm³/mol. The molecule has 1 fully saturated rings. The van der Waals surface area contributed by atoms with E-state index in [4.69, 9.17) is 4.98 Å². The average Bonchev–Trinajstić information content (AvgIpc) is 3.18. The smallest absolute Gasteiger partial charge is 0.280 e. The first kappa shape index (κ1) is 20.8. The van der Waals surface area contributed by atoms with Crippen molar-refractivity contribution in [3.05, 3.63) is 75.7 Å². The highest BCUT2D eigenvalue weighted by atomic mass is 19.3. The molecule has 0 radical (unpaired) electrons. The normalized spacial score (nSPS) is 18.8. The number of aromatic nitrogens is 7. The first-order chi connectivity index (χ1) is 16.0. The van der Waals surface area contributed by atoms with Crippen LogP contribution in [0.1, 0.15) is 72.7 Å². The van der Waals surface area contributed by atoms with E-state index >= 15 is 0 Å². The summed E-state index contributed by atoms with van der Waals surface area (Å²) in [5.41, 5.74) is 0.0261. The number of rotatable bonds is 5. The average molecular weight is 448 g/mol. The molecule has 0 spiro atoms. The van der Waals surface area contributed by atoms with Gasteiger partial charge in [0.05, 0.1) is 6.04 Å². The standard InChI is InChI=1S/C22H18F2N8O/c1-11(12-3-6-15(18(23)24)28-10-12)32-21-17(16(9-25)31-32)22(33)30-20(29-21)14-5-4-13(14)19-26-7-2-8-27-19/h2-3,6-8,10-11,13-14,18H,4-5H2,1H3,(H,29,30,33)/t11?,13-,14+/m1/s1. The molecule has 5 rings (SSSR count). The number of hydrogen-bond donors (Lipinski definition) is 1. The summed E-state index contributed by atoms with van der Waals surface area (Å²) in [7, 11) is 0. The number of fused-ring (bicyclic) bond motifs is 1. The minimum Gasteiger partial charge on any atom is -0.310 e. The van der Waals surface area contributed by atoms with Crippen molar-refractivity contribution in [1.82, 2.24) is 34.7 Å². The highest BCUT2D eigenvalue weighted by Gasteiger charge is 2.37. The van der Waals surface area contributed by atoms with Gasteiger partial charge in [-0.05, 0) is 37.5 Å². The molecule has 33 heavy (non-hydrogen) atoms. The predicted octanol–water partition coefficient (Wildman–Crippen LogP) is 3.38. The van der Waals surface area contributed by atoms with Gasteiger partial charge >= 0.3 is 0 Å². The van der Waals surface area contributed by atoms with Gasteiger partial charge in [-0.2, -0.15) is 10.4 Å². The van der Waals surface area contributed by atoms with Crippen molar-refractivity contribution >= 4 is 11.0 Å². The quantitative estimate of drug-likeness (QED) is 0.496. The van der Waals surface area contributed by atoms with Gasteiger partial charge in [-0.1, -0.05) is 6.07 Å². The Morgan fingerprint density at radius 2 is 1.94 bits per heavy atom. The van der Waals surface area contributed by atoms with Crippen molar-refractivity contribution in [1.29, 1.82) is 5.26 Å². The number of nitrogens with one attached hydrogen (secondary N) is 1. The summed E-state index contributed by atoms with van der Waals surface area (Å²) in [5, 5.41) is 13.9. The number of H-pyrrole nitrogens is 1. The van der Waals surface area contributed by atoms with E-state index in [0.717, 1.165) is 12.8 Å². The van der Waals surface area contributed by atoms with Crippen LogP contribution in [0, 0.1) is 11.3 Å². The van der Waals surface area contributed by atoms with Crippen molar-refractivity contribution in [3.8, 4) is 6.07 Å². The van der Waals surface area contributed by atoms with Gasteiger partial charge in [0, 0.05) is 30.4 Å². The van der Waals surface area contributed by atoms with Gasteiger partial charge in [0.25, 0.3) is 12.0 Å². The number of hydrogen-bond acceptors (Lipinski definition) is 7. The third kappa shape index (κ3) is 3.53. The molecule has 0 bridgehead atoms. The second-order valence-corrected chi connectivity index (χ2v) is 7.95. The molecule has 3 atom stereocenters. The zero-order chi connectivity index (χ0) is 23.1. The molecular weight excluding hydrogens is 430 g/mol. The Morgan fingerprint density at radius 3 is 2.55 bits per heavy atom. The molecule has 1 N–H and O–H groups in total. The van der Waals surface area contributed by atoms with Crippen molar-refractivity contribution in [2.75, 3.05) is 0 Å². The van der Waals surface area contributed by atoms with Crippen molar-refractivity contribution < 1.29 is 8.78 Å². The molecule has 0 aromatic carbocycles. The van der Waals surface area contributed by atoms with E-state index in [0.29, 0.717) is 17.2 Å². The molecule has 4 heterocycles. The van der Waals surface area contributed by atoms with Gasteiger partial charge in [0.15, 0.2) is 11.3 Å². The monoisotopic (exact) mass is 448 g/mol. The van der Waals surface area contributed by atoms with E-state index < -0.39 is 18.0 Å². The highest BCUT2D eigenvalue weighted by Crippen LogP contribution is 2.46. The van der Waals surface area contributed by atoms with Gasteiger partial charge in [-0.15, -0.1) is 0 Å². The van der Waals surface area contributed by atoms with Gasteiger partial charge < -0.3 is 4.98 Å². The lowest BCUT2D eigenvalue weighted by Gasteiger charge is -2.34. The summed E-state index contributed by atoms with van der Waals surface area (Å²) in [6, 6.07) is 5.97. The largest absolute Gasteiger partial charge is 0.310 e. The fraction of sp³-hybridized carbons (Fsp3) is 0.318. The Kier molecular flexibility index (Phi) is 5.12. The second-order valence-electron chi connectivity index (χ2n) is 7.95. The number of nitrogens with zero attached hydrogens (tertiary/aromatic N) is 7. The number of alkyl halides is 2. The Hall–Kier alpha value is -4.07. The summed E-state index contributed by atoms with van der Waals surface area (Å²) in [4.78, 5) is 32.9. The van der Waals surface area contributed by atoms with Crippen LogP contribution < -0.4 is 5.56 Å². The molecule has 1 aliphatic rings. The zero-order valence-corrected chi connectivity index (χ0v) is 17.5. The highest BCUT2D eigenvalue weighted by molar-refractivity contribution is 5.80. The fourth-order valence-corrected chi connectivity index (χ4v) is 4.16. The third-order valence-corrected chi connectivity index (χ3v) is 6.11. The van der Waals surface area contributed by atoms with E-state index in [-0.39, 0.29) is 34.3 Å². The van der Waals surface area contributed by atoms with Crippen LogP contribution in [0.15, 0.2) is 41.6 Å². The van der Waals surface area contributed by atoms with Gasteiger partial charge in [-0.3, -0.25) is 9.78 Å². The Bertz CT molecular complexity index is 1410. The number of pyridine rings is 1. The molecule has 11 heteroatoms. The lowest BCUT2D eigenvalue weighted by Crippen LogP contribution is -2.28. The van der Waals surface area contributed by atoms with E-state index in [9.17, 15) is 18.8 Å². The zero-order valence-electron chi connectivity index (χ0n) is 17.5. The summed E-state index contributed by atoms with van der Waals surface area (Å²) in [6.45, 7) is 1.78. The number of nitriles is 1. The van der Waals surface area contributed by atoms with E-state index in [2.05, 4.69) is 25.0 Å². The van der Waals surface area contributed by atoms with E-state index in [1.54, 1.807) is 25.4 Å². The van der Waals surface area contributed by atoms with Crippen LogP contribution in [0.3, 0.4) is 0 Å². The number of aromatic amines is 1. The van der Waals surface area contributed by atoms with Crippen LogP contribution >= 0.6 is 0 Å². The molecule has 9 nitrogen and oxygen atoms in total. The summed E-state index contributed by atoms with van der Waals surface area (Å²) < 4.78 is 27.2. The number of halogens is 2. The van der Waals surface area contributed by atoms with Gasteiger partial charge in [0.1, 0.15) is 28.8 Å². The summed E-state index contributed by atoms with van der Waals surface area (Å²) in [5.74, 6) is 1.14. The lowest BCUT2D eigenvalue weighted by molar-refractivity contribution is 0.146. The van der Waals surface area contributed by atoms with Crippen molar-refractivity contribution in [3.63, 3.8) is 0 Å².